The number of carbonyl (C=O) groups excluding carboxylic acids is 2. The molecule has 0 unspecified atom stereocenters. The van der Waals surface area contributed by atoms with E-state index in [1.54, 1.807) is 6.07 Å². The number of nitro groups is 1. The number of amides is 2. The second kappa shape index (κ2) is 8.47. The summed E-state index contributed by atoms with van der Waals surface area (Å²) in [5.74, 6) is -1.54. The largest absolute Gasteiger partial charge is 0.371 e. The van der Waals surface area contributed by atoms with E-state index in [1.165, 1.54) is 36.4 Å². The summed E-state index contributed by atoms with van der Waals surface area (Å²) in [6.45, 7) is 1.52. The van der Waals surface area contributed by atoms with E-state index in [9.17, 15) is 24.1 Å². The Labute approximate surface area is 160 Å². The predicted molar refractivity (Wildman–Crippen MR) is 100 cm³/mol. The Kier molecular flexibility index (Phi) is 5.83. The highest BCUT2D eigenvalue weighted by molar-refractivity contribution is 6.01. The van der Waals surface area contributed by atoms with Crippen LogP contribution in [-0.4, -0.2) is 29.8 Å². The highest BCUT2D eigenvalue weighted by atomic mass is 19.1. The van der Waals surface area contributed by atoms with E-state index in [0.717, 1.165) is 25.9 Å². The van der Waals surface area contributed by atoms with Gasteiger partial charge in [-0.05, 0) is 36.6 Å². The van der Waals surface area contributed by atoms with E-state index >= 15 is 0 Å². The summed E-state index contributed by atoms with van der Waals surface area (Å²) in [6.07, 6.45) is 1.91. The van der Waals surface area contributed by atoms with Gasteiger partial charge in [0.1, 0.15) is 5.82 Å². The van der Waals surface area contributed by atoms with E-state index < -0.39 is 22.6 Å². The Morgan fingerprint density at radius 2 is 1.75 bits per heavy atom. The first-order valence-electron chi connectivity index (χ1n) is 8.81. The zero-order chi connectivity index (χ0) is 20.1. The zero-order valence-corrected chi connectivity index (χ0v) is 15.0. The molecule has 2 aromatic rings. The maximum absolute atomic E-state index is 12.9. The normalized spacial score (nSPS) is 13.2. The van der Waals surface area contributed by atoms with Crippen LogP contribution in [0.25, 0.3) is 0 Å². The van der Waals surface area contributed by atoms with Crippen molar-refractivity contribution < 1.29 is 18.9 Å². The molecule has 2 aromatic carbocycles. The van der Waals surface area contributed by atoms with Crippen LogP contribution in [0.15, 0.2) is 42.5 Å². The number of non-ortho nitro benzene ring substituents is 1. The van der Waals surface area contributed by atoms with Gasteiger partial charge in [0.25, 0.3) is 11.6 Å². The monoisotopic (exact) mass is 386 g/mol. The van der Waals surface area contributed by atoms with Crippen LogP contribution in [0, 0.1) is 15.9 Å². The lowest BCUT2D eigenvalue weighted by atomic mass is 10.1. The van der Waals surface area contributed by atoms with Crippen molar-refractivity contribution in [2.45, 2.75) is 19.3 Å². The Hall–Kier alpha value is -3.49. The Bertz CT molecular complexity index is 895. The van der Waals surface area contributed by atoms with E-state index in [1.807, 2.05) is 4.90 Å². The number of nitro benzene ring substituents is 1. The molecule has 0 atom stereocenters. The van der Waals surface area contributed by atoms with Crippen LogP contribution < -0.4 is 15.8 Å². The highest BCUT2D eigenvalue weighted by Gasteiger charge is 2.22. The van der Waals surface area contributed by atoms with Crippen LogP contribution in [-0.2, 0) is 11.2 Å². The van der Waals surface area contributed by atoms with Gasteiger partial charge < -0.3 is 4.90 Å². The van der Waals surface area contributed by atoms with Gasteiger partial charge in [0.15, 0.2) is 0 Å². The lowest BCUT2D eigenvalue weighted by molar-refractivity contribution is -0.384. The number of rotatable bonds is 5. The number of hydrazine groups is 1. The van der Waals surface area contributed by atoms with E-state index in [0.29, 0.717) is 11.3 Å². The van der Waals surface area contributed by atoms with Crippen molar-refractivity contribution >= 4 is 23.2 Å². The molecule has 0 saturated carbocycles. The smallest absolute Gasteiger partial charge is 0.272 e. The van der Waals surface area contributed by atoms with Gasteiger partial charge in [-0.25, -0.2) is 4.39 Å². The van der Waals surface area contributed by atoms with Crippen molar-refractivity contribution in [1.82, 2.24) is 10.9 Å². The molecule has 0 aromatic heterocycles. The second-order valence-corrected chi connectivity index (χ2v) is 6.46. The third-order valence-electron chi connectivity index (χ3n) is 4.48. The number of benzene rings is 2. The first-order chi connectivity index (χ1) is 13.4. The molecule has 2 N–H and O–H groups in total. The lowest BCUT2D eigenvalue weighted by Crippen LogP contribution is -2.42. The molecule has 0 radical (unpaired) electrons. The molecular weight excluding hydrogens is 367 g/mol. The maximum atomic E-state index is 12.9. The summed E-state index contributed by atoms with van der Waals surface area (Å²) >= 11 is 0. The van der Waals surface area contributed by atoms with Crippen molar-refractivity contribution in [3.63, 3.8) is 0 Å². The third-order valence-corrected chi connectivity index (χ3v) is 4.48. The van der Waals surface area contributed by atoms with Crippen molar-refractivity contribution in [2.75, 3.05) is 18.0 Å². The minimum Gasteiger partial charge on any atom is -0.371 e. The Morgan fingerprint density at radius 1 is 1.07 bits per heavy atom. The van der Waals surface area contributed by atoms with Crippen LogP contribution in [0.3, 0.4) is 0 Å². The Balaban J connectivity index is 1.69. The van der Waals surface area contributed by atoms with Gasteiger partial charge in [-0.3, -0.25) is 30.6 Å². The highest BCUT2D eigenvalue weighted by Crippen LogP contribution is 2.28. The molecular formula is C19H19FN4O4. The number of nitrogens with zero attached hydrogens (tertiary/aromatic N) is 2. The minimum absolute atomic E-state index is 0.0471. The van der Waals surface area contributed by atoms with Gasteiger partial charge in [0.05, 0.1) is 22.6 Å². The molecule has 1 heterocycles. The lowest BCUT2D eigenvalue weighted by Gasteiger charge is -2.21. The van der Waals surface area contributed by atoms with Crippen molar-refractivity contribution in [2.24, 2.45) is 0 Å². The number of anilines is 1. The van der Waals surface area contributed by atoms with Crippen molar-refractivity contribution in [3.8, 4) is 0 Å². The average molecular weight is 386 g/mol. The van der Waals surface area contributed by atoms with Gasteiger partial charge in [-0.15, -0.1) is 0 Å². The molecule has 1 aliphatic rings. The summed E-state index contributed by atoms with van der Waals surface area (Å²) in [4.78, 5) is 37.1. The number of hydrogen-bond donors (Lipinski definition) is 2. The topological polar surface area (TPSA) is 105 Å². The molecule has 2 amide bonds. The Morgan fingerprint density at radius 3 is 2.39 bits per heavy atom. The van der Waals surface area contributed by atoms with Crippen LogP contribution in [0.5, 0.6) is 0 Å². The zero-order valence-electron chi connectivity index (χ0n) is 15.0. The number of hydrogen-bond acceptors (Lipinski definition) is 5. The summed E-state index contributed by atoms with van der Waals surface area (Å²) in [5.41, 5.74) is 5.68. The molecule has 1 aliphatic heterocycles. The molecule has 1 saturated heterocycles. The van der Waals surface area contributed by atoms with Crippen LogP contribution in [0.2, 0.25) is 0 Å². The molecule has 3 rings (SSSR count). The van der Waals surface area contributed by atoms with Gasteiger partial charge >= 0.3 is 0 Å². The fourth-order valence-corrected chi connectivity index (χ4v) is 3.08. The third kappa shape index (κ3) is 4.61. The quantitative estimate of drug-likeness (QED) is 0.606. The van der Waals surface area contributed by atoms with Crippen molar-refractivity contribution in [1.29, 1.82) is 0 Å². The first-order valence-corrected chi connectivity index (χ1v) is 8.81. The van der Waals surface area contributed by atoms with E-state index in [2.05, 4.69) is 10.9 Å². The molecule has 9 heteroatoms. The standard InChI is InChI=1S/C19H19FN4O4/c20-14-5-3-13(4-6-14)11-18(25)21-22-19(26)16-12-15(24(27)28)7-8-17(16)23-9-1-2-10-23/h3-8,12H,1-2,9-11H2,(H,21,25)(H,22,26). The summed E-state index contributed by atoms with van der Waals surface area (Å²) in [5, 5.41) is 11.1. The van der Waals surface area contributed by atoms with Crippen LogP contribution >= 0.6 is 0 Å². The first kappa shape index (κ1) is 19.3. The van der Waals surface area contributed by atoms with Crippen LogP contribution in [0.4, 0.5) is 15.8 Å². The maximum Gasteiger partial charge on any atom is 0.272 e. The SMILES string of the molecule is O=C(Cc1ccc(F)cc1)NNC(=O)c1cc([N+](=O)[O-])ccc1N1CCCC1. The summed E-state index contributed by atoms with van der Waals surface area (Å²) in [6, 6.07) is 9.55. The summed E-state index contributed by atoms with van der Waals surface area (Å²) < 4.78 is 12.9. The van der Waals surface area contributed by atoms with Gasteiger partial charge in [0, 0.05) is 25.2 Å². The molecule has 1 fully saturated rings. The number of nitrogens with one attached hydrogen (secondary N) is 2. The van der Waals surface area contributed by atoms with Gasteiger partial charge in [0.2, 0.25) is 5.91 Å². The molecule has 146 valence electrons. The molecule has 8 nitrogen and oxygen atoms in total. The van der Waals surface area contributed by atoms with Crippen LogP contribution in [0.1, 0.15) is 28.8 Å². The van der Waals surface area contributed by atoms with Crippen molar-refractivity contribution in [3.05, 3.63) is 69.5 Å². The fraction of sp³-hybridized carbons (Fsp3) is 0.263. The second-order valence-electron chi connectivity index (χ2n) is 6.46. The number of halogens is 1. The fourth-order valence-electron chi connectivity index (χ4n) is 3.08. The average Bonchev–Trinajstić information content (AvgIpc) is 3.22. The van der Waals surface area contributed by atoms with Gasteiger partial charge in [-0.2, -0.15) is 0 Å². The predicted octanol–water partition coefficient (Wildman–Crippen LogP) is 2.34. The minimum atomic E-state index is -0.641. The number of carbonyl (C=O) groups is 2. The van der Waals surface area contributed by atoms with E-state index in [4.69, 9.17) is 0 Å². The van der Waals surface area contributed by atoms with E-state index in [-0.39, 0.29) is 17.7 Å². The molecule has 0 bridgehead atoms. The summed E-state index contributed by atoms with van der Waals surface area (Å²) in [7, 11) is 0. The molecule has 0 aliphatic carbocycles. The molecule has 28 heavy (non-hydrogen) atoms. The molecule has 0 spiro atoms. The van der Waals surface area contributed by atoms with Gasteiger partial charge in [-0.1, -0.05) is 12.1 Å².